The van der Waals surface area contributed by atoms with Gasteiger partial charge in [-0.1, -0.05) is 13.8 Å². The van der Waals surface area contributed by atoms with Crippen molar-refractivity contribution in [2.75, 3.05) is 6.54 Å². The van der Waals surface area contributed by atoms with Crippen LogP contribution in [0, 0.1) is 19.8 Å². The molecule has 0 aliphatic rings. The van der Waals surface area contributed by atoms with E-state index in [9.17, 15) is 4.79 Å². The Labute approximate surface area is 120 Å². The molecule has 3 N–H and O–H groups in total. The third-order valence-corrected chi connectivity index (χ3v) is 3.92. The molecule has 1 aromatic heterocycles. The first kappa shape index (κ1) is 17.4. The first-order valence-electron chi connectivity index (χ1n) is 6.02. The molecule has 0 radical (unpaired) electrons. The summed E-state index contributed by atoms with van der Waals surface area (Å²) < 4.78 is 0. The predicted octanol–water partition coefficient (Wildman–Crippen LogP) is 2.89. The molecule has 0 saturated carbocycles. The summed E-state index contributed by atoms with van der Waals surface area (Å²) >= 11 is 1.54. The SMILES string of the molecule is Cc1cc(C(=O)NC(CN)CC(C)C)sc1C.Cl. The zero-order valence-corrected chi connectivity index (χ0v) is 13.1. The van der Waals surface area contributed by atoms with Crippen LogP contribution in [0.1, 0.15) is 40.4 Å². The van der Waals surface area contributed by atoms with Crippen molar-refractivity contribution in [1.82, 2.24) is 5.32 Å². The molecule has 0 spiro atoms. The number of hydrogen-bond acceptors (Lipinski definition) is 3. The number of aryl methyl sites for hydroxylation is 2. The molecule has 1 rings (SSSR count). The second kappa shape index (κ2) is 7.77. The lowest BCUT2D eigenvalue weighted by atomic mass is 10.0. The summed E-state index contributed by atoms with van der Waals surface area (Å²) in [5.41, 5.74) is 6.85. The summed E-state index contributed by atoms with van der Waals surface area (Å²) in [5, 5.41) is 3.00. The normalized spacial score (nSPS) is 12.1. The van der Waals surface area contributed by atoms with Gasteiger partial charge in [0.2, 0.25) is 0 Å². The van der Waals surface area contributed by atoms with Crippen molar-refractivity contribution in [2.45, 2.75) is 40.2 Å². The number of carbonyl (C=O) groups excluding carboxylic acids is 1. The van der Waals surface area contributed by atoms with E-state index in [-0.39, 0.29) is 24.4 Å². The van der Waals surface area contributed by atoms with Crippen molar-refractivity contribution in [1.29, 1.82) is 0 Å². The smallest absolute Gasteiger partial charge is 0.261 e. The Bertz CT molecular complexity index is 371. The number of rotatable bonds is 5. The molecule has 0 bridgehead atoms. The Balaban J connectivity index is 0.00000289. The molecule has 1 atom stereocenters. The van der Waals surface area contributed by atoms with Crippen LogP contribution in [-0.2, 0) is 0 Å². The minimum Gasteiger partial charge on any atom is -0.347 e. The van der Waals surface area contributed by atoms with Crippen molar-refractivity contribution in [2.24, 2.45) is 11.7 Å². The van der Waals surface area contributed by atoms with Gasteiger partial charge in [0.25, 0.3) is 5.91 Å². The van der Waals surface area contributed by atoms with Gasteiger partial charge in [0, 0.05) is 17.5 Å². The zero-order chi connectivity index (χ0) is 13.0. The molecule has 1 heterocycles. The lowest BCUT2D eigenvalue weighted by molar-refractivity contribution is 0.0938. The molecule has 0 fully saturated rings. The first-order valence-corrected chi connectivity index (χ1v) is 6.83. The maximum Gasteiger partial charge on any atom is 0.261 e. The van der Waals surface area contributed by atoms with Gasteiger partial charge in [-0.25, -0.2) is 0 Å². The number of nitrogens with one attached hydrogen (secondary N) is 1. The maximum atomic E-state index is 12.0. The highest BCUT2D eigenvalue weighted by atomic mass is 35.5. The van der Waals surface area contributed by atoms with E-state index in [0.717, 1.165) is 11.3 Å². The molecule has 0 aliphatic heterocycles. The van der Waals surface area contributed by atoms with Gasteiger partial charge in [0.15, 0.2) is 0 Å². The zero-order valence-electron chi connectivity index (χ0n) is 11.4. The summed E-state index contributed by atoms with van der Waals surface area (Å²) in [4.78, 5) is 14.0. The molecule has 0 saturated heterocycles. The Morgan fingerprint density at radius 1 is 1.44 bits per heavy atom. The fourth-order valence-corrected chi connectivity index (χ4v) is 2.66. The molecule has 0 aliphatic carbocycles. The van der Waals surface area contributed by atoms with Gasteiger partial charge in [-0.05, 0) is 37.8 Å². The van der Waals surface area contributed by atoms with E-state index >= 15 is 0 Å². The van der Waals surface area contributed by atoms with Crippen LogP contribution >= 0.6 is 23.7 Å². The third-order valence-electron chi connectivity index (χ3n) is 2.77. The number of carbonyl (C=O) groups is 1. The predicted molar refractivity (Wildman–Crippen MR) is 80.8 cm³/mol. The highest BCUT2D eigenvalue weighted by Crippen LogP contribution is 2.20. The molecule has 1 unspecified atom stereocenters. The van der Waals surface area contributed by atoms with Crippen molar-refractivity contribution < 1.29 is 4.79 Å². The lowest BCUT2D eigenvalue weighted by Gasteiger charge is -2.18. The number of amides is 1. The molecule has 0 aromatic carbocycles. The third kappa shape index (κ3) is 4.96. The Kier molecular flexibility index (Phi) is 7.52. The highest BCUT2D eigenvalue weighted by Gasteiger charge is 2.15. The average molecular weight is 291 g/mol. The van der Waals surface area contributed by atoms with Crippen LogP contribution in [0.3, 0.4) is 0 Å². The second-order valence-corrected chi connectivity index (χ2v) is 6.14. The highest BCUT2D eigenvalue weighted by molar-refractivity contribution is 7.14. The van der Waals surface area contributed by atoms with Crippen LogP contribution in [0.4, 0.5) is 0 Å². The quantitative estimate of drug-likeness (QED) is 0.876. The molecule has 1 amide bonds. The van der Waals surface area contributed by atoms with Crippen LogP contribution in [0.25, 0.3) is 0 Å². The number of thiophene rings is 1. The van der Waals surface area contributed by atoms with E-state index in [2.05, 4.69) is 19.2 Å². The van der Waals surface area contributed by atoms with Gasteiger partial charge in [0.1, 0.15) is 0 Å². The van der Waals surface area contributed by atoms with Crippen LogP contribution < -0.4 is 11.1 Å². The van der Waals surface area contributed by atoms with Crippen molar-refractivity contribution in [3.8, 4) is 0 Å². The standard InChI is InChI=1S/C13H22N2OS.ClH/c1-8(2)5-11(7-14)15-13(16)12-6-9(3)10(4)17-12;/h6,8,11H,5,7,14H2,1-4H3,(H,15,16);1H. The number of nitrogens with two attached hydrogens (primary N) is 1. The number of hydrogen-bond donors (Lipinski definition) is 2. The molecule has 3 nitrogen and oxygen atoms in total. The van der Waals surface area contributed by atoms with E-state index in [0.29, 0.717) is 12.5 Å². The van der Waals surface area contributed by atoms with Gasteiger partial charge >= 0.3 is 0 Å². The summed E-state index contributed by atoms with van der Waals surface area (Å²) in [6.07, 6.45) is 0.922. The number of halogens is 1. The largest absolute Gasteiger partial charge is 0.347 e. The Morgan fingerprint density at radius 3 is 2.44 bits per heavy atom. The minimum absolute atomic E-state index is 0. The average Bonchev–Trinajstić information content (AvgIpc) is 2.57. The summed E-state index contributed by atoms with van der Waals surface area (Å²) in [6.45, 7) is 8.82. The fraction of sp³-hybridized carbons (Fsp3) is 0.615. The maximum absolute atomic E-state index is 12.0. The van der Waals surface area contributed by atoms with Crippen LogP contribution in [0.2, 0.25) is 0 Å². The Hall–Kier alpha value is -0.580. The summed E-state index contributed by atoms with van der Waals surface area (Å²) in [6, 6.07) is 2.02. The molecular weight excluding hydrogens is 268 g/mol. The Morgan fingerprint density at radius 2 is 2.06 bits per heavy atom. The van der Waals surface area contributed by atoms with E-state index in [1.54, 1.807) is 11.3 Å². The van der Waals surface area contributed by atoms with Crippen molar-refractivity contribution in [3.63, 3.8) is 0 Å². The summed E-state index contributed by atoms with van der Waals surface area (Å²) in [5.74, 6) is 0.540. The van der Waals surface area contributed by atoms with Gasteiger partial charge in [-0.3, -0.25) is 4.79 Å². The molecule has 5 heteroatoms. The van der Waals surface area contributed by atoms with E-state index in [1.165, 1.54) is 10.4 Å². The van der Waals surface area contributed by atoms with Crippen LogP contribution in [0.5, 0.6) is 0 Å². The summed E-state index contributed by atoms with van der Waals surface area (Å²) in [7, 11) is 0. The molecule has 104 valence electrons. The minimum atomic E-state index is 0. The monoisotopic (exact) mass is 290 g/mol. The molecule has 18 heavy (non-hydrogen) atoms. The second-order valence-electron chi connectivity index (χ2n) is 4.89. The van der Waals surface area contributed by atoms with Crippen molar-refractivity contribution >= 4 is 29.7 Å². The van der Waals surface area contributed by atoms with Crippen LogP contribution in [0.15, 0.2) is 6.07 Å². The van der Waals surface area contributed by atoms with Crippen molar-refractivity contribution in [3.05, 3.63) is 21.4 Å². The van der Waals surface area contributed by atoms with E-state index in [1.807, 2.05) is 19.9 Å². The van der Waals surface area contributed by atoms with Gasteiger partial charge < -0.3 is 11.1 Å². The fourth-order valence-electron chi connectivity index (χ4n) is 1.72. The van der Waals surface area contributed by atoms with Gasteiger partial charge in [-0.2, -0.15) is 0 Å². The topological polar surface area (TPSA) is 55.1 Å². The first-order chi connectivity index (χ1) is 7.93. The van der Waals surface area contributed by atoms with Crippen LogP contribution in [-0.4, -0.2) is 18.5 Å². The molecule has 1 aromatic rings. The molecular formula is C13H23ClN2OS. The lowest BCUT2D eigenvalue weighted by Crippen LogP contribution is -2.40. The van der Waals surface area contributed by atoms with Gasteiger partial charge in [-0.15, -0.1) is 23.7 Å². The van der Waals surface area contributed by atoms with E-state index in [4.69, 9.17) is 5.73 Å². The van der Waals surface area contributed by atoms with Gasteiger partial charge in [0.05, 0.1) is 4.88 Å². The van der Waals surface area contributed by atoms with E-state index < -0.39 is 0 Å².